The van der Waals surface area contributed by atoms with Gasteiger partial charge in [-0.1, -0.05) is 44.4 Å². The van der Waals surface area contributed by atoms with Crippen molar-refractivity contribution in [1.29, 1.82) is 0 Å². The predicted molar refractivity (Wildman–Crippen MR) is 120 cm³/mol. The van der Waals surface area contributed by atoms with Crippen LogP contribution in [0.3, 0.4) is 0 Å². The van der Waals surface area contributed by atoms with E-state index in [1.807, 2.05) is 54.6 Å². The molecule has 1 fully saturated rings. The van der Waals surface area contributed by atoms with Gasteiger partial charge >= 0.3 is 0 Å². The van der Waals surface area contributed by atoms with Gasteiger partial charge in [-0.3, -0.25) is 4.79 Å². The highest BCUT2D eigenvalue weighted by atomic mass is 32.2. The number of benzene rings is 2. The lowest BCUT2D eigenvalue weighted by molar-refractivity contribution is -0.115. The number of nitrogens with zero attached hydrogens (tertiary/aromatic N) is 1. The Kier molecular flexibility index (Phi) is 7.76. The van der Waals surface area contributed by atoms with Gasteiger partial charge in [-0.05, 0) is 54.6 Å². The number of para-hydroxylation sites is 1. The Hall–Kier alpha value is -2.73. The van der Waals surface area contributed by atoms with Crippen molar-refractivity contribution < 1.29 is 14.3 Å². The van der Waals surface area contributed by atoms with Gasteiger partial charge in [0.05, 0.1) is 24.3 Å². The maximum absolute atomic E-state index is 12.4. The van der Waals surface area contributed by atoms with Crippen LogP contribution in [0.25, 0.3) is 6.08 Å². The summed E-state index contributed by atoms with van der Waals surface area (Å²) in [5, 5.41) is 3.38. The zero-order valence-electron chi connectivity index (χ0n) is 16.8. The molecule has 0 bridgehead atoms. The number of amidine groups is 1. The summed E-state index contributed by atoms with van der Waals surface area (Å²) in [6, 6.07) is 15.2. The molecule has 0 spiro atoms. The molecule has 0 aromatic heterocycles. The first kappa shape index (κ1) is 21.0. The quantitative estimate of drug-likeness (QED) is 0.435. The number of methoxy groups -OCH3 is 1. The van der Waals surface area contributed by atoms with Gasteiger partial charge in [0.25, 0.3) is 5.91 Å². The van der Waals surface area contributed by atoms with E-state index < -0.39 is 0 Å². The molecule has 1 aliphatic heterocycles. The van der Waals surface area contributed by atoms with Crippen LogP contribution < -0.4 is 14.8 Å². The smallest absolute Gasteiger partial charge is 0.264 e. The summed E-state index contributed by atoms with van der Waals surface area (Å²) in [7, 11) is 1.62. The van der Waals surface area contributed by atoms with Crippen molar-refractivity contribution in [2.24, 2.45) is 4.99 Å². The van der Waals surface area contributed by atoms with Gasteiger partial charge in [0.1, 0.15) is 11.5 Å². The fourth-order valence-corrected chi connectivity index (χ4v) is 3.67. The van der Waals surface area contributed by atoms with E-state index in [2.05, 4.69) is 17.2 Å². The molecule has 1 heterocycles. The second kappa shape index (κ2) is 10.7. The third-order valence-electron chi connectivity index (χ3n) is 4.42. The minimum Gasteiger partial charge on any atom is -0.497 e. The number of thioether (sulfide) groups is 1. The molecule has 0 aliphatic carbocycles. The Morgan fingerprint density at radius 3 is 2.62 bits per heavy atom. The first-order valence-corrected chi connectivity index (χ1v) is 10.7. The minimum absolute atomic E-state index is 0.153. The fourth-order valence-electron chi connectivity index (χ4n) is 2.84. The number of unbranched alkanes of at least 4 members (excludes halogenated alkanes) is 3. The molecule has 1 amide bonds. The molecule has 152 valence electrons. The lowest BCUT2D eigenvalue weighted by Crippen LogP contribution is -2.19. The van der Waals surface area contributed by atoms with E-state index in [0.717, 1.165) is 29.2 Å². The molecule has 3 rings (SSSR count). The second-order valence-electron chi connectivity index (χ2n) is 6.63. The molecule has 0 unspecified atom stereocenters. The monoisotopic (exact) mass is 410 g/mol. The van der Waals surface area contributed by atoms with E-state index >= 15 is 0 Å². The van der Waals surface area contributed by atoms with Crippen LogP contribution in [-0.2, 0) is 4.79 Å². The largest absolute Gasteiger partial charge is 0.497 e. The Morgan fingerprint density at radius 1 is 1.07 bits per heavy atom. The van der Waals surface area contributed by atoms with E-state index in [-0.39, 0.29) is 5.91 Å². The van der Waals surface area contributed by atoms with Crippen molar-refractivity contribution in [3.8, 4) is 11.5 Å². The number of aliphatic imine (C=N–C) groups is 1. The van der Waals surface area contributed by atoms with Gasteiger partial charge in [-0.2, -0.15) is 0 Å². The summed E-state index contributed by atoms with van der Waals surface area (Å²) in [5.74, 6) is 1.41. The molecule has 0 radical (unpaired) electrons. The van der Waals surface area contributed by atoms with Crippen LogP contribution in [0.5, 0.6) is 11.5 Å². The molecule has 1 N–H and O–H groups in total. The normalized spacial score (nSPS) is 16.3. The van der Waals surface area contributed by atoms with Crippen molar-refractivity contribution in [3.63, 3.8) is 0 Å². The average molecular weight is 411 g/mol. The predicted octanol–water partition coefficient (Wildman–Crippen LogP) is 5.55. The Labute approximate surface area is 176 Å². The highest BCUT2D eigenvalue weighted by Crippen LogP contribution is 2.31. The number of ether oxygens (including phenoxy) is 2. The van der Waals surface area contributed by atoms with E-state index in [4.69, 9.17) is 9.47 Å². The van der Waals surface area contributed by atoms with Gasteiger partial charge in [0.15, 0.2) is 5.17 Å². The maximum Gasteiger partial charge on any atom is 0.264 e. The van der Waals surface area contributed by atoms with Crippen LogP contribution in [0.2, 0.25) is 0 Å². The summed E-state index contributed by atoms with van der Waals surface area (Å²) < 4.78 is 11.1. The minimum atomic E-state index is -0.153. The van der Waals surface area contributed by atoms with Gasteiger partial charge in [0, 0.05) is 5.56 Å². The maximum atomic E-state index is 12.4. The number of rotatable bonds is 9. The third kappa shape index (κ3) is 6.12. The van der Waals surface area contributed by atoms with Gasteiger partial charge < -0.3 is 14.8 Å². The van der Waals surface area contributed by atoms with Crippen molar-refractivity contribution >= 4 is 34.6 Å². The number of nitrogens with one attached hydrogen (secondary N) is 1. The molecule has 2 aromatic carbocycles. The second-order valence-corrected chi connectivity index (χ2v) is 7.66. The summed E-state index contributed by atoms with van der Waals surface area (Å²) in [6.07, 6.45) is 6.49. The van der Waals surface area contributed by atoms with E-state index in [1.165, 1.54) is 31.0 Å². The van der Waals surface area contributed by atoms with E-state index in [1.54, 1.807) is 7.11 Å². The molecule has 2 aromatic rings. The average Bonchev–Trinajstić information content (AvgIpc) is 3.08. The molecular weight excluding hydrogens is 384 g/mol. The molecule has 5 nitrogen and oxygen atoms in total. The van der Waals surface area contributed by atoms with Crippen LogP contribution in [0.15, 0.2) is 58.4 Å². The number of carbonyl (C=O) groups excluding carboxylic acids is 1. The lowest BCUT2D eigenvalue weighted by atomic mass is 10.2. The molecule has 29 heavy (non-hydrogen) atoms. The summed E-state index contributed by atoms with van der Waals surface area (Å²) in [6.45, 7) is 2.88. The van der Waals surface area contributed by atoms with Gasteiger partial charge in [-0.15, -0.1) is 0 Å². The first-order chi connectivity index (χ1) is 14.2. The van der Waals surface area contributed by atoms with Crippen LogP contribution in [-0.4, -0.2) is 24.8 Å². The van der Waals surface area contributed by atoms with Crippen LogP contribution in [0, 0.1) is 0 Å². The number of carbonyl (C=O) groups is 1. The van der Waals surface area contributed by atoms with Crippen LogP contribution >= 0.6 is 11.8 Å². The standard InChI is InChI=1S/C23H26N2O3S/c1-3-4-5-8-15-28-20-10-7-6-9-17(20)16-21-22(26)25-23(29-21)24-18-11-13-19(27-2)14-12-18/h6-7,9-14,16H,3-5,8,15H2,1-2H3,(H,24,25,26)/b21-16-. The molecule has 1 saturated heterocycles. The number of amides is 1. The molecule has 1 aliphatic rings. The molecule has 0 atom stereocenters. The van der Waals surface area contributed by atoms with Crippen LogP contribution in [0.4, 0.5) is 5.69 Å². The number of hydrogen-bond acceptors (Lipinski definition) is 5. The van der Waals surface area contributed by atoms with Crippen molar-refractivity contribution in [2.75, 3.05) is 13.7 Å². The molecule has 0 saturated carbocycles. The van der Waals surface area contributed by atoms with Crippen LogP contribution in [0.1, 0.15) is 38.2 Å². The Balaban J connectivity index is 1.69. The van der Waals surface area contributed by atoms with Gasteiger partial charge in [-0.25, -0.2) is 4.99 Å². The third-order valence-corrected chi connectivity index (χ3v) is 5.32. The summed E-state index contributed by atoms with van der Waals surface area (Å²) in [5.41, 5.74) is 1.65. The lowest BCUT2D eigenvalue weighted by Gasteiger charge is -2.09. The van der Waals surface area contributed by atoms with Crippen molar-refractivity contribution in [3.05, 3.63) is 59.0 Å². The summed E-state index contributed by atoms with van der Waals surface area (Å²) >= 11 is 1.33. The Bertz CT molecular complexity index is 891. The highest BCUT2D eigenvalue weighted by molar-refractivity contribution is 8.18. The highest BCUT2D eigenvalue weighted by Gasteiger charge is 2.24. The molecule has 6 heteroatoms. The number of hydrogen-bond donors (Lipinski definition) is 1. The Morgan fingerprint density at radius 2 is 1.86 bits per heavy atom. The van der Waals surface area contributed by atoms with Crippen molar-refractivity contribution in [1.82, 2.24) is 5.32 Å². The fraction of sp³-hybridized carbons (Fsp3) is 0.304. The zero-order valence-corrected chi connectivity index (χ0v) is 17.6. The summed E-state index contributed by atoms with van der Waals surface area (Å²) in [4.78, 5) is 17.5. The topological polar surface area (TPSA) is 59.9 Å². The van der Waals surface area contributed by atoms with Crippen molar-refractivity contribution in [2.45, 2.75) is 32.6 Å². The SMILES string of the molecule is CCCCCCOc1ccccc1/C=C1\SC(=Nc2ccc(OC)cc2)NC1=O. The van der Waals surface area contributed by atoms with E-state index in [9.17, 15) is 4.79 Å². The van der Waals surface area contributed by atoms with Gasteiger partial charge in [0.2, 0.25) is 0 Å². The first-order valence-electron chi connectivity index (χ1n) is 9.85. The van der Waals surface area contributed by atoms with E-state index in [0.29, 0.717) is 16.7 Å². The zero-order chi connectivity index (χ0) is 20.5. The molecular formula is C23H26N2O3S.